The van der Waals surface area contributed by atoms with E-state index in [-0.39, 0.29) is 11.9 Å². The molecule has 0 unspecified atom stereocenters. The molecule has 2 atom stereocenters. The minimum atomic E-state index is -0.450. The highest BCUT2D eigenvalue weighted by molar-refractivity contribution is 7.15. The van der Waals surface area contributed by atoms with Gasteiger partial charge in [0.25, 0.3) is 0 Å². The third kappa shape index (κ3) is 3.84. The zero-order chi connectivity index (χ0) is 19.7. The van der Waals surface area contributed by atoms with Gasteiger partial charge in [0.15, 0.2) is 0 Å². The number of nitrogens with zero attached hydrogens (tertiary/aromatic N) is 4. The van der Waals surface area contributed by atoms with Gasteiger partial charge < -0.3 is 11.1 Å². The summed E-state index contributed by atoms with van der Waals surface area (Å²) in [5.41, 5.74) is 6.82. The fraction of sp³-hybridized carbons (Fsp3) is 0.263. The van der Waals surface area contributed by atoms with Gasteiger partial charge in [-0.3, -0.25) is 9.69 Å². The minimum absolute atomic E-state index is 0.0367. The predicted molar refractivity (Wildman–Crippen MR) is 112 cm³/mol. The van der Waals surface area contributed by atoms with Gasteiger partial charge in [0.05, 0.1) is 12.1 Å². The smallest absolute Gasteiger partial charge is 0.245 e. The Hall–Kier alpha value is -2.55. The number of halogens is 1. The molecule has 1 aromatic carbocycles. The highest BCUT2D eigenvalue weighted by Gasteiger charge is 2.30. The van der Waals surface area contributed by atoms with Gasteiger partial charge in [0, 0.05) is 34.4 Å². The minimum Gasteiger partial charge on any atom is -0.347 e. The van der Waals surface area contributed by atoms with Crippen molar-refractivity contribution < 1.29 is 4.79 Å². The van der Waals surface area contributed by atoms with Crippen LogP contribution in [0, 0.1) is 0 Å². The summed E-state index contributed by atoms with van der Waals surface area (Å²) in [4.78, 5) is 28.0. The molecular formula is C19H19ClN6OS. The van der Waals surface area contributed by atoms with Crippen molar-refractivity contribution >= 4 is 40.6 Å². The SMILES string of the molecule is C[C@H](Nc1nccc(N2CC[C@H](N)C2=O)n1)c1cnc(-c2ccc(Cl)cc2)s1. The number of rotatable bonds is 5. The Morgan fingerprint density at radius 3 is 2.79 bits per heavy atom. The average Bonchev–Trinajstić information content (AvgIpc) is 3.31. The number of nitrogens with two attached hydrogens (primary N) is 1. The summed E-state index contributed by atoms with van der Waals surface area (Å²) in [7, 11) is 0. The number of aromatic nitrogens is 3. The summed E-state index contributed by atoms with van der Waals surface area (Å²) in [6.45, 7) is 2.59. The van der Waals surface area contributed by atoms with Crippen LogP contribution in [0.4, 0.5) is 11.8 Å². The van der Waals surface area contributed by atoms with Gasteiger partial charge in [-0.25, -0.2) is 9.97 Å². The Balaban J connectivity index is 1.48. The van der Waals surface area contributed by atoms with Crippen molar-refractivity contribution in [3.05, 3.63) is 52.6 Å². The molecule has 1 aliphatic heterocycles. The first kappa shape index (κ1) is 18.8. The van der Waals surface area contributed by atoms with E-state index < -0.39 is 6.04 Å². The fourth-order valence-electron chi connectivity index (χ4n) is 2.98. The summed E-state index contributed by atoms with van der Waals surface area (Å²) in [6.07, 6.45) is 4.12. The second kappa shape index (κ2) is 7.83. The number of anilines is 2. The van der Waals surface area contributed by atoms with Crippen molar-refractivity contribution in [2.75, 3.05) is 16.8 Å². The Labute approximate surface area is 171 Å². The van der Waals surface area contributed by atoms with Crippen LogP contribution >= 0.6 is 22.9 Å². The highest BCUT2D eigenvalue weighted by Crippen LogP contribution is 2.30. The molecule has 1 amide bonds. The van der Waals surface area contributed by atoms with Crippen molar-refractivity contribution in [2.45, 2.75) is 25.4 Å². The molecule has 0 spiro atoms. The molecule has 144 valence electrons. The van der Waals surface area contributed by atoms with E-state index in [9.17, 15) is 4.79 Å². The van der Waals surface area contributed by atoms with Crippen molar-refractivity contribution in [1.29, 1.82) is 0 Å². The van der Waals surface area contributed by atoms with E-state index in [1.807, 2.05) is 37.4 Å². The first-order valence-electron chi connectivity index (χ1n) is 8.89. The molecule has 28 heavy (non-hydrogen) atoms. The summed E-state index contributed by atoms with van der Waals surface area (Å²) in [5, 5.41) is 4.90. The van der Waals surface area contributed by atoms with Crippen LogP contribution in [0.1, 0.15) is 24.3 Å². The fourth-order valence-corrected chi connectivity index (χ4v) is 4.03. The van der Waals surface area contributed by atoms with Crippen LogP contribution in [0.15, 0.2) is 42.7 Å². The normalized spacial score (nSPS) is 17.8. The number of benzene rings is 1. The number of carbonyl (C=O) groups excluding carboxylic acids is 1. The van der Waals surface area contributed by atoms with Crippen LogP contribution in [0.3, 0.4) is 0 Å². The number of amides is 1. The first-order chi connectivity index (χ1) is 13.5. The van der Waals surface area contributed by atoms with E-state index in [1.165, 1.54) is 0 Å². The maximum Gasteiger partial charge on any atom is 0.245 e. The Morgan fingerprint density at radius 2 is 2.07 bits per heavy atom. The van der Waals surface area contributed by atoms with E-state index in [0.717, 1.165) is 15.4 Å². The third-order valence-electron chi connectivity index (χ3n) is 4.55. The van der Waals surface area contributed by atoms with Crippen molar-refractivity contribution in [2.24, 2.45) is 5.73 Å². The number of hydrogen-bond acceptors (Lipinski definition) is 7. The Bertz CT molecular complexity index is 992. The zero-order valence-electron chi connectivity index (χ0n) is 15.2. The zero-order valence-corrected chi connectivity index (χ0v) is 16.7. The number of thiazole rings is 1. The van der Waals surface area contributed by atoms with E-state index >= 15 is 0 Å². The molecule has 7 nitrogen and oxygen atoms in total. The topological polar surface area (TPSA) is 97.0 Å². The lowest BCUT2D eigenvalue weighted by molar-refractivity contribution is -0.118. The molecule has 2 aromatic heterocycles. The third-order valence-corrected chi connectivity index (χ3v) is 6.03. The van der Waals surface area contributed by atoms with Crippen LogP contribution in [-0.4, -0.2) is 33.4 Å². The van der Waals surface area contributed by atoms with Crippen molar-refractivity contribution in [1.82, 2.24) is 15.0 Å². The number of carbonyl (C=O) groups is 1. The van der Waals surface area contributed by atoms with Crippen molar-refractivity contribution in [3.8, 4) is 10.6 Å². The standard InChI is InChI=1S/C19H19ClN6OS/c1-11(15-10-23-17(28-15)12-2-4-13(20)5-3-12)24-19-22-8-6-16(25-19)26-9-7-14(21)18(26)27/h2-6,8,10-11,14H,7,9,21H2,1H3,(H,22,24,25)/t11-,14-/m0/s1. The molecule has 0 saturated carbocycles. The second-order valence-electron chi connectivity index (χ2n) is 6.56. The molecule has 1 aliphatic rings. The molecule has 1 saturated heterocycles. The monoisotopic (exact) mass is 414 g/mol. The van der Waals surface area contributed by atoms with Crippen LogP contribution < -0.4 is 16.0 Å². The number of nitrogens with one attached hydrogen (secondary N) is 1. The van der Waals surface area contributed by atoms with Gasteiger partial charge in [-0.2, -0.15) is 4.98 Å². The molecule has 1 fully saturated rings. The molecule has 3 N–H and O–H groups in total. The molecule has 9 heteroatoms. The lowest BCUT2D eigenvalue weighted by Crippen LogP contribution is -2.34. The summed E-state index contributed by atoms with van der Waals surface area (Å²) in [6, 6.07) is 8.84. The van der Waals surface area contributed by atoms with E-state index in [4.69, 9.17) is 17.3 Å². The summed E-state index contributed by atoms with van der Waals surface area (Å²) < 4.78 is 0. The predicted octanol–water partition coefficient (Wildman–Crippen LogP) is 3.49. The molecule has 0 bridgehead atoms. The second-order valence-corrected chi connectivity index (χ2v) is 8.06. The summed E-state index contributed by atoms with van der Waals surface area (Å²) in [5.74, 6) is 0.918. The largest absolute Gasteiger partial charge is 0.347 e. The maximum atomic E-state index is 12.1. The van der Waals surface area contributed by atoms with Gasteiger partial charge >= 0.3 is 0 Å². The maximum absolute atomic E-state index is 12.1. The quantitative estimate of drug-likeness (QED) is 0.663. The van der Waals surface area contributed by atoms with Gasteiger partial charge in [0.1, 0.15) is 10.8 Å². The van der Waals surface area contributed by atoms with Crippen LogP contribution in [0.5, 0.6) is 0 Å². The average molecular weight is 415 g/mol. The van der Waals surface area contributed by atoms with Gasteiger partial charge in [-0.1, -0.05) is 23.7 Å². The highest BCUT2D eigenvalue weighted by atomic mass is 35.5. The van der Waals surface area contributed by atoms with Gasteiger partial charge in [-0.05, 0) is 31.5 Å². The van der Waals surface area contributed by atoms with Gasteiger partial charge in [0.2, 0.25) is 11.9 Å². The molecule has 3 aromatic rings. The molecular weight excluding hydrogens is 396 g/mol. The molecule has 4 rings (SSSR count). The lowest BCUT2D eigenvalue weighted by atomic mass is 10.2. The van der Waals surface area contributed by atoms with Crippen LogP contribution in [0.25, 0.3) is 10.6 Å². The molecule has 0 aliphatic carbocycles. The Kier molecular flexibility index (Phi) is 5.25. The lowest BCUT2D eigenvalue weighted by Gasteiger charge is -2.17. The summed E-state index contributed by atoms with van der Waals surface area (Å²) >= 11 is 7.55. The van der Waals surface area contributed by atoms with Crippen LogP contribution in [0.2, 0.25) is 5.02 Å². The Morgan fingerprint density at radius 1 is 1.29 bits per heavy atom. The van der Waals surface area contributed by atoms with E-state index in [2.05, 4.69) is 20.3 Å². The van der Waals surface area contributed by atoms with Gasteiger partial charge in [-0.15, -0.1) is 11.3 Å². The van der Waals surface area contributed by atoms with E-state index in [1.54, 1.807) is 28.5 Å². The van der Waals surface area contributed by atoms with E-state index in [0.29, 0.717) is 29.8 Å². The molecule has 0 radical (unpaired) electrons. The first-order valence-corrected chi connectivity index (χ1v) is 10.1. The van der Waals surface area contributed by atoms with Crippen molar-refractivity contribution in [3.63, 3.8) is 0 Å². The molecule has 3 heterocycles. The van der Waals surface area contributed by atoms with Crippen LogP contribution in [-0.2, 0) is 4.79 Å². The number of hydrogen-bond donors (Lipinski definition) is 2.